The van der Waals surface area contributed by atoms with Crippen molar-refractivity contribution in [3.8, 4) is 0 Å². The van der Waals surface area contributed by atoms with Crippen LogP contribution in [0.25, 0.3) is 0 Å². The van der Waals surface area contributed by atoms with E-state index in [9.17, 15) is 13.9 Å². The van der Waals surface area contributed by atoms with Crippen LogP contribution in [0.3, 0.4) is 0 Å². The molecule has 0 aliphatic carbocycles. The maximum absolute atomic E-state index is 12.2. The summed E-state index contributed by atoms with van der Waals surface area (Å²) in [5, 5.41) is 2.38. The van der Waals surface area contributed by atoms with E-state index < -0.39 is 27.3 Å². The van der Waals surface area contributed by atoms with Gasteiger partial charge in [-0.25, -0.2) is 0 Å². The van der Waals surface area contributed by atoms with Crippen LogP contribution in [0.4, 0.5) is 0 Å². The summed E-state index contributed by atoms with van der Waals surface area (Å²) in [6.07, 6.45) is -0.724. The quantitative estimate of drug-likeness (QED) is 0.543. The summed E-state index contributed by atoms with van der Waals surface area (Å²) in [6.45, 7) is 7.39. The third-order valence-electron chi connectivity index (χ3n) is 2.11. The van der Waals surface area contributed by atoms with E-state index in [0.717, 1.165) is 0 Å². The van der Waals surface area contributed by atoms with E-state index in [4.69, 9.17) is 18.1 Å². The van der Waals surface area contributed by atoms with Crippen molar-refractivity contribution in [2.75, 3.05) is 38.9 Å². The molecule has 0 bridgehead atoms. The number of hydrogen-bond acceptors (Lipinski definition) is 7. The van der Waals surface area contributed by atoms with Crippen LogP contribution in [0.1, 0.15) is 27.7 Å². The topological polar surface area (TPSA) is 100 Å². The third kappa shape index (κ3) is 8.71. The zero-order valence-corrected chi connectivity index (χ0v) is 14.8. The van der Waals surface area contributed by atoms with Gasteiger partial charge in [0.05, 0.1) is 26.4 Å². The first-order valence-corrected chi connectivity index (χ1v) is 10.3. The summed E-state index contributed by atoms with van der Waals surface area (Å²) in [7, 11) is -6.84. The van der Waals surface area contributed by atoms with Crippen molar-refractivity contribution in [3.63, 3.8) is 0 Å². The molecular formula is C11H25NO7P2. The van der Waals surface area contributed by atoms with E-state index in [1.54, 1.807) is 27.7 Å². The summed E-state index contributed by atoms with van der Waals surface area (Å²) in [4.78, 5) is 11.8. The number of carbonyl (C=O) groups is 1. The second kappa shape index (κ2) is 10.5. The van der Waals surface area contributed by atoms with Crippen molar-refractivity contribution in [2.24, 2.45) is 0 Å². The number of hydrogen-bond donors (Lipinski definition) is 1. The maximum Gasteiger partial charge on any atom is 0.349 e. The van der Waals surface area contributed by atoms with Crippen LogP contribution in [0, 0.1) is 0 Å². The van der Waals surface area contributed by atoms with Gasteiger partial charge in [0.15, 0.2) is 0 Å². The largest absolute Gasteiger partial charge is 0.349 e. The zero-order chi connectivity index (χ0) is 16.4. The van der Waals surface area contributed by atoms with Gasteiger partial charge in [-0.15, -0.1) is 0 Å². The molecule has 0 spiro atoms. The Kier molecular flexibility index (Phi) is 10.4. The van der Waals surface area contributed by atoms with Crippen molar-refractivity contribution in [1.29, 1.82) is 0 Å². The van der Waals surface area contributed by atoms with Gasteiger partial charge < -0.3 is 23.4 Å². The van der Waals surface area contributed by atoms with E-state index in [1.807, 2.05) is 0 Å². The number of amides is 1. The lowest BCUT2D eigenvalue weighted by atomic mass is 10.7. The normalized spacial score (nSPS) is 12.4. The Morgan fingerprint density at radius 3 is 1.57 bits per heavy atom. The molecule has 21 heavy (non-hydrogen) atoms. The van der Waals surface area contributed by atoms with Crippen molar-refractivity contribution >= 4 is 21.1 Å². The number of carbonyl (C=O) groups excluding carboxylic acids is 1. The lowest BCUT2D eigenvalue weighted by molar-refractivity contribution is -0.118. The van der Waals surface area contributed by atoms with Gasteiger partial charge in [0.25, 0.3) is 0 Å². The standard InChI is InChI=1S/C11H25NO7P2/c1-5-16-20(14,17-6-2)9-11(13)12-10-21(15,18-7-3)19-8-4/h5-10H2,1-4H3,(H,12,13). The van der Waals surface area contributed by atoms with Crippen molar-refractivity contribution < 1.29 is 32.0 Å². The molecule has 0 heterocycles. The molecule has 0 aliphatic rings. The molecular weight excluding hydrogens is 320 g/mol. The molecule has 0 atom stereocenters. The van der Waals surface area contributed by atoms with Crippen LogP contribution in [0.5, 0.6) is 0 Å². The number of rotatable bonds is 12. The maximum atomic E-state index is 12.2. The Balaban J connectivity index is 4.53. The van der Waals surface area contributed by atoms with Crippen LogP contribution >= 0.6 is 15.2 Å². The van der Waals surface area contributed by atoms with Gasteiger partial charge in [-0.1, -0.05) is 0 Å². The van der Waals surface area contributed by atoms with Gasteiger partial charge in [0, 0.05) is 0 Å². The first-order valence-electron chi connectivity index (χ1n) is 6.87. The van der Waals surface area contributed by atoms with E-state index >= 15 is 0 Å². The summed E-state index contributed by atoms with van der Waals surface area (Å²) in [6, 6.07) is 0. The molecule has 0 saturated carbocycles. The molecule has 126 valence electrons. The van der Waals surface area contributed by atoms with Gasteiger partial charge in [0.2, 0.25) is 5.91 Å². The van der Waals surface area contributed by atoms with Crippen LogP contribution in [0.2, 0.25) is 0 Å². The third-order valence-corrected chi connectivity index (χ3v) is 5.94. The van der Waals surface area contributed by atoms with Gasteiger partial charge >= 0.3 is 15.2 Å². The molecule has 0 radical (unpaired) electrons. The predicted molar refractivity (Wildman–Crippen MR) is 79.6 cm³/mol. The molecule has 1 amide bonds. The molecule has 0 saturated heterocycles. The molecule has 8 nitrogen and oxygen atoms in total. The average Bonchev–Trinajstić information content (AvgIpc) is 2.37. The number of nitrogens with one attached hydrogen (secondary N) is 1. The van der Waals surface area contributed by atoms with E-state index in [2.05, 4.69) is 5.32 Å². The Bertz CT molecular complexity index is 382. The first kappa shape index (κ1) is 20.8. The smallest absolute Gasteiger partial charge is 0.344 e. The molecule has 1 N–H and O–H groups in total. The Hall–Kier alpha value is -0.230. The van der Waals surface area contributed by atoms with Crippen LogP contribution in [-0.2, 0) is 32.0 Å². The highest BCUT2D eigenvalue weighted by atomic mass is 31.2. The van der Waals surface area contributed by atoms with E-state index in [1.165, 1.54) is 0 Å². The summed E-state index contributed by atoms with van der Waals surface area (Å²) < 4.78 is 44.4. The fraction of sp³-hybridized carbons (Fsp3) is 0.909. The van der Waals surface area contributed by atoms with Gasteiger partial charge in [0.1, 0.15) is 12.4 Å². The molecule has 10 heteroatoms. The zero-order valence-electron chi connectivity index (χ0n) is 13.0. The first-order chi connectivity index (χ1) is 9.84. The average molecular weight is 345 g/mol. The van der Waals surface area contributed by atoms with Crippen LogP contribution in [0.15, 0.2) is 0 Å². The monoisotopic (exact) mass is 345 g/mol. The van der Waals surface area contributed by atoms with Crippen molar-refractivity contribution in [1.82, 2.24) is 5.32 Å². The highest BCUT2D eigenvalue weighted by Gasteiger charge is 2.30. The van der Waals surface area contributed by atoms with Crippen LogP contribution < -0.4 is 5.32 Å². The second-order valence-corrected chi connectivity index (χ2v) is 7.92. The Labute approximate surface area is 125 Å². The highest BCUT2D eigenvalue weighted by Crippen LogP contribution is 2.49. The van der Waals surface area contributed by atoms with Gasteiger partial charge in [-0.3, -0.25) is 13.9 Å². The summed E-state index contributed by atoms with van der Waals surface area (Å²) >= 11 is 0. The highest BCUT2D eigenvalue weighted by molar-refractivity contribution is 7.55. The SMILES string of the molecule is CCOP(=O)(CNC(=O)CP(=O)(OCC)OCC)OCC. The van der Waals surface area contributed by atoms with Gasteiger partial charge in [-0.05, 0) is 27.7 Å². The Morgan fingerprint density at radius 1 is 0.810 bits per heavy atom. The fourth-order valence-electron chi connectivity index (χ4n) is 1.46. The minimum Gasteiger partial charge on any atom is -0.344 e. The van der Waals surface area contributed by atoms with Crippen molar-refractivity contribution in [3.05, 3.63) is 0 Å². The lowest BCUT2D eigenvalue weighted by Gasteiger charge is -2.19. The van der Waals surface area contributed by atoms with Gasteiger partial charge in [-0.2, -0.15) is 0 Å². The second-order valence-electron chi connectivity index (χ2n) is 3.81. The summed E-state index contributed by atoms with van der Waals surface area (Å²) in [5.74, 6) is -0.597. The summed E-state index contributed by atoms with van der Waals surface area (Å²) in [5.41, 5.74) is 0. The van der Waals surface area contributed by atoms with E-state index in [-0.39, 0.29) is 32.7 Å². The molecule has 0 aliphatic heterocycles. The molecule has 0 aromatic carbocycles. The van der Waals surface area contributed by atoms with Crippen LogP contribution in [-0.4, -0.2) is 44.8 Å². The van der Waals surface area contributed by atoms with Crippen molar-refractivity contribution in [2.45, 2.75) is 27.7 Å². The fourth-order valence-corrected chi connectivity index (χ4v) is 4.38. The Morgan fingerprint density at radius 2 is 1.19 bits per heavy atom. The minimum atomic E-state index is -3.47. The minimum absolute atomic E-state index is 0.168. The lowest BCUT2D eigenvalue weighted by Crippen LogP contribution is -2.29. The predicted octanol–water partition coefficient (Wildman–Crippen LogP) is 2.59. The molecule has 0 fully saturated rings. The molecule has 0 aromatic rings. The van der Waals surface area contributed by atoms with E-state index in [0.29, 0.717) is 0 Å². The molecule has 0 rings (SSSR count). The molecule has 0 unspecified atom stereocenters. The molecule has 0 aromatic heterocycles.